The van der Waals surface area contributed by atoms with E-state index in [4.69, 9.17) is 4.74 Å². The van der Waals surface area contributed by atoms with Gasteiger partial charge >= 0.3 is 5.97 Å². The van der Waals surface area contributed by atoms with Gasteiger partial charge in [0.25, 0.3) is 11.8 Å². The van der Waals surface area contributed by atoms with E-state index < -0.39 is 24.1 Å². The van der Waals surface area contributed by atoms with E-state index in [0.29, 0.717) is 16.9 Å². The fourth-order valence-corrected chi connectivity index (χ4v) is 5.01. The molecule has 2 fully saturated rings. The minimum absolute atomic E-state index is 0.00849. The van der Waals surface area contributed by atoms with E-state index in [9.17, 15) is 19.2 Å². The third-order valence-electron chi connectivity index (χ3n) is 6.91. The number of ether oxygens (including phenoxy) is 1. The Balaban J connectivity index is 1.36. The molecular formula is C27H29N3O5. The van der Waals surface area contributed by atoms with Crippen molar-refractivity contribution in [3.8, 4) is 0 Å². The molecule has 5 rings (SSSR count). The van der Waals surface area contributed by atoms with Gasteiger partial charge in [-0.3, -0.25) is 19.3 Å². The Bertz CT molecular complexity index is 1210. The second-order valence-corrected chi connectivity index (χ2v) is 10.4. The summed E-state index contributed by atoms with van der Waals surface area (Å²) in [5.74, 6) is -1.77. The Morgan fingerprint density at radius 1 is 1.06 bits per heavy atom. The molecule has 8 heteroatoms. The molecule has 1 unspecified atom stereocenters. The molecule has 3 amide bonds. The number of rotatable bonds is 5. The Morgan fingerprint density at radius 3 is 2.40 bits per heavy atom. The summed E-state index contributed by atoms with van der Waals surface area (Å²) in [6.07, 6.45) is 1.77. The second-order valence-electron chi connectivity index (χ2n) is 10.4. The second kappa shape index (κ2) is 8.22. The van der Waals surface area contributed by atoms with Gasteiger partial charge in [0.2, 0.25) is 11.6 Å². The third-order valence-corrected chi connectivity index (χ3v) is 6.91. The van der Waals surface area contributed by atoms with Crippen LogP contribution in [0.1, 0.15) is 62.4 Å². The number of para-hydroxylation sites is 1. The van der Waals surface area contributed by atoms with E-state index in [1.165, 1.54) is 9.80 Å². The van der Waals surface area contributed by atoms with Crippen molar-refractivity contribution in [3.63, 3.8) is 0 Å². The largest absolute Gasteiger partial charge is 0.452 e. The first-order valence-corrected chi connectivity index (χ1v) is 12.0. The van der Waals surface area contributed by atoms with Crippen LogP contribution in [0.5, 0.6) is 0 Å². The van der Waals surface area contributed by atoms with Crippen LogP contribution in [-0.2, 0) is 24.5 Å². The predicted octanol–water partition coefficient (Wildman–Crippen LogP) is 3.61. The predicted molar refractivity (Wildman–Crippen MR) is 130 cm³/mol. The normalized spacial score (nSPS) is 21.5. The molecule has 2 aromatic rings. The molecule has 1 atom stereocenters. The van der Waals surface area contributed by atoms with Crippen LogP contribution in [0.2, 0.25) is 0 Å². The quantitative estimate of drug-likeness (QED) is 0.667. The summed E-state index contributed by atoms with van der Waals surface area (Å²) in [5.41, 5.74) is 0.974. The number of nitrogens with one attached hydrogen (secondary N) is 1. The van der Waals surface area contributed by atoms with Crippen LogP contribution >= 0.6 is 0 Å². The van der Waals surface area contributed by atoms with Gasteiger partial charge in [0.05, 0.1) is 11.3 Å². The highest BCUT2D eigenvalue weighted by atomic mass is 16.5. The van der Waals surface area contributed by atoms with Crippen molar-refractivity contribution in [1.82, 2.24) is 4.90 Å². The van der Waals surface area contributed by atoms with Crippen molar-refractivity contribution >= 4 is 35.1 Å². The summed E-state index contributed by atoms with van der Waals surface area (Å²) in [5, 5.41) is 2.74. The zero-order valence-electron chi connectivity index (χ0n) is 20.2. The Labute approximate surface area is 204 Å². The first kappa shape index (κ1) is 23.1. The number of fused-ring (bicyclic) bond motifs is 3. The zero-order chi connectivity index (χ0) is 25.0. The van der Waals surface area contributed by atoms with Gasteiger partial charge in [-0.1, -0.05) is 45.0 Å². The van der Waals surface area contributed by atoms with Crippen LogP contribution in [0.3, 0.4) is 0 Å². The van der Waals surface area contributed by atoms with E-state index in [-0.39, 0.29) is 36.1 Å². The van der Waals surface area contributed by atoms with Gasteiger partial charge in [0, 0.05) is 24.6 Å². The van der Waals surface area contributed by atoms with E-state index in [1.54, 1.807) is 24.3 Å². The van der Waals surface area contributed by atoms with Crippen LogP contribution in [0, 0.1) is 0 Å². The van der Waals surface area contributed by atoms with Crippen LogP contribution in [0.25, 0.3) is 0 Å². The van der Waals surface area contributed by atoms with E-state index in [2.05, 4.69) is 26.1 Å². The van der Waals surface area contributed by atoms with E-state index >= 15 is 0 Å². The van der Waals surface area contributed by atoms with E-state index in [0.717, 1.165) is 18.4 Å². The standard InChI is InChI=1S/C27H29N3O5/c1-26(2,3)17-8-10-18(11-9-17)28-22(31)16-35-25(34)27-15-14-23(32)30(27)21-7-5-4-6-20(21)24(33)29(27)19-12-13-19/h4-11,19H,12-16H2,1-3H3,(H,28,31). The summed E-state index contributed by atoms with van der Waals surface area (Å²) < 4.78 is 5.48. The Kier molecular flexibility index (Phi) is 5.42. The number of amides is 3. The number of nitrogens with zero attached hydrogens (tertiary/aromatic N) is 2. The van der Waals surface area contributed by atoms with Crippen molar-refractivity contribution < 1.29 is 23.9 Å². The average Bonchev–Trinajstić information content (AvgIpc) is 3.59. The molecule has 1 N–H and O–H groups in total. The summed E-state index contributed by atoms with van der Waals surface area (Å²) >= 11 is 0. The Hall–Kier alpha value is -3.68. The van der Waals surface area contributed by atoms with Crippen LogP contribution in [0.15, 0.2) is 48.5 Å². The fourth-order valence-electron chi connectivity index (χ4n) is 5.01. The van der Waals surface area contributed by atoms with Gasteiger partial charge in [-0.15, -0.1) is 0 Å². The lowest BCUT2D eigenvalue weighted by Gasteiger charge is -2.48. The molecular weight excluding hydrogens is 446 g/mol. The molecule has 3 aliphatic rings. The summed E-state index contributed by atoms with van der Waals surface area (Å²) in [4.78, 5) is 55.5. The highest BCUT2D eigenvalue weighted by Gasteiger charge is 2.64. The van der Waals surface area contributed by atoms with Crippen LogP contribution < -0.4 is 10.2 Å². The maximum atomic E-state index is 13.6. The molecule has 1 saturated heterocycles. The van der Waals surface area contributed by atoms with Crippen molar-refractivity contribution in [2.24, 2.45) is 0 Å². The highest BCUT2D eigenvalue weighted by molar-refractivity contribution is 6.16. The number of anilines is 2. The van der Waals surface area contributed by atoms with Gasteiger partial charge < -0.3 is 15.0 Å². The summed E-state index contributed by atoms with van der Waals surface area (Å²) in [6.45, 7) is 5.81. The molecule has 0 radical (unpaired) electrons. The van der Waals surface area contributed by atoms with Crippen molar-refractivity contribution in [3.05, 3.63) is 59.7 Å². The smallest absolute Gasteiger partial charge is 0.354 e. The SMILES string of the molecule is CC(C)(C)c1ccc(NC(=O)COC(=O)C23CCC(=O)N2c2ccccc2C(=O)N3C2CC2)cc1. The van der Waals surface area contributed by atoms with Crippen LogP contribution in [0.4, 0.5) is 11.4 Å². The molecule has 1 saturated carbocycles. The van der Waals surface area contributed by atoms with E-state index in [1.807, 2.05) is 24.3 Å². The zero-order valence-corrected chi connectivity index (χ0v) is 20.2. The highest BCUT2D eigenvalue weighted by Crippen LogP contribution is 2.49. The molecule has 0 spiro atoms. The Morgan fingerprint density at radius 2 is 1.74 bits per heavy atom. The maximum absolute atomic E-state index is 13.6. The van der Waals surface area contributed by atoms with Crippen molar-refractivity contribution in [1.29, 1.82) is 0 Å². The third kappa shape index (κ3) is 3.87. The number of esters is 1. The lowest BCUT2D eigenvalue weighted by Crippen LogP contribution is -2.69. The number of carbonyl (C=O) groups excluding carboxylic acids is 4. The van der Waals surface area contributed by atoms with Gasteiger partial charge in [-0.05, 0) is 48.1 Å². The summed E-state index contributed by atoms with van der Waals surface area (Å²) in [6, 6.07) is 14.2. The minimum atomic E-state index is -1.56. The lowest BCUT2D eigenvalue weighted by atomic mass is 9.87. The summed E-state index contributed by atoms with van der Waals surface area (Å²) in [7, 11) is 0. The number of benzene rings is 2. The maximum Gasteiger partial charge on any atom is 0.354 e. The molecule has 35 heavy (non-hydrogen) atoms. The molecule has 2 aromatic carbocycles. The van der Waals surface area contributed by atoms with Gasteiger partial charge in [0.15, 0.2) is 6.61 Å². The molecule has 2 heterocycles. The number of hydrogen-bond donors (Lipinski definition) is 1. The molecule has 0 aromatic heterocycles. The average molecular weight is 476 g/mol. The lowest BCUT2D eigenvalue weighted by molar-refractivity contribution is -0.159. The first-order chi connectivity index (χ1) is 16.6. The van der Waals surface area contributed by atoms with Gasteiger partial charge in [0.1, 0.15) is 0 Å². The molecule has 182 valence electrons. The topological polar surface area (TPSA) is 96.0 Å². The van der Waals surface area contributed by atoms with Crippen molar-refractivity contribution in [2.75, 3.05) is 16.8 Å². The number of hydrogen-bond acceptors (Lipinski definition) is 5. The van der Waals surface area contributed by atoms with Crippen LogP contribution in [-0.4, -0.2) is 46.9 Å². The van der Waals surface area contributed by atoms with Gasteiger partial charge in [-0.2, -0.15) is 0 Å². The van der Waals surface area contributed by atoms with Crippen molar-refractivity contribution in [2.45, 2.75) is 63.6 Å². The molecule has 1 aliphatic carbocycles. The molecule has 0 bridgehead atoms. The minimum Gasteiger partial charge on any atom is -0.452 e. The first-order valence-electron chi connectivity index (χ1n) is 12.0. The molecule has 8 nitrogen and oxygen atoms in total. The van der Waals surface area contributed by atoms with Gasteiger partial charge in [-0.25, -0.2) is 4.79 Å². The number of carbonyl (C=O) groups is 4. The monoisotopic (exact) mass is 475 g/mol. The molecule has 2 aliphatic heterocycles. The fraction of sp³-hybridized carbons (Fsp3) is 0.407.